The fraction of sp³-hybridized carbons (Fsp3) is 0.379. The van der Waals surface area contributed by atoms with Crippen molar-refractivity contribution in [2.24, 2.45) is 5.10 Å². The zero-order valence-electron chi connectivity index (χ0n) is 22.0. The Morgan fingerprint density at radius 3 is 2.50 bits per heavy atom. The monoisotopic (exact) mass is 519 g/mol. The van der Waals surface area contributed by atoms with Crippen molar-refractivity contribution < 1.29 is 28.6 Å². The highest BCUT2D eigenvalue weighted by molar-refractivity contribution is 6.32. The molecule has 1 N–H and O–H groups in total. The Morgan fingerprint density at radius 1 is 1.08 bits per heavy atom. The standard InChI is InChI=1S/C29H33N3O6/c1-4-37-29(35)21-11-13-23(14-12-21)32-28(34)24(19(2)31-32)16-20-10-15-25(26(17-20)36-3)38-18-27(33)30-22-8-6-5-7-9-22/h10-17,22H,4-9,18H2,1-3H3,(H,30,33)/b24-16+. The van der Waals surface area contributed by atoms with Crippen LogP contribution >= 0.6 is 0 Å². The highest BCUT2D eigenvalue weighted by atomic mass is 16.5. The summed E-state index contributed by atoms with van der Waals surface area (Å²) in [4.78, 5) is 37.4. The zero-order valence-corrected chi connectivity index (χ0v) is 22.0. The molecular formula is C29H33N3O6. The van der Waals surface area contributed by atoms with Gasteiger partial charge in [0.25, 0.3) is 11.8 Å². The van der Waals surface area contributed by atoms with Crippen LogP contribution in [0, 0.1) is 0 Å². The average molecular weight is 520 g/mol. The lowest BCUT2D eigenvalue weighted by Gasteiger charge is -2.22. The Bertz CT molecular complexity index is 1250. The summed E-state index contributed by atoms with van der Waals surface area (Å²) in [6.07, 6.45) is 7.26. The van der Waals surface area contributed by atoms with Crippen molar-refractivity contribution in [1.82, 2.24) is 5.32 Å². The normalized spacial score (nSPS) is 16.8. The minimum atomic E-state index is -0.418. The van der Waals surface area contributed by atoms with Crippen molar-refractivity contribution >= 4 is 35.3 Å². The van der Waals surface area contributed by atoms with E-state index in [4.69, 9.17) is 14.2 Å². The van der Waals surface area contributed by atoms with Crippen LogP contribution in [0.3, 0.4) is 0 Å². The van der Waals surface area contributed by atoms with Gasteiger partial charge in [0.1, 0.15) is 0 Å². The van der Waals surface area contributed by atoms with Crippen molar-refractivity contribution in [3.63, 3.8) is 0 Å². The van der Waals surface area contributed by atoms with E-state index in [2.05, 4.69) is 10.4 Å². The van der Waals surface area contributed by atoms with E-state index in [1.54, 1.807) is 62.4 Å². The largest absolute Gasteiger partial charge is 0.493 e. The number of amides is 2. The van der Waals surface area contributed by atoms with Crippen LogP contribution in [-0.2, 0) is 14.3 Å². The first kappa shape index (κ1) is 26.9. The molecule has 1 aliphatic carbocycles. The number of carbonyl (C=O) groups is 3. The van der Waals surface area contributed by atoms with Crippen LogP contribution in [0.25, 0.3) is 6.08 Å². The molecule has 2 aliphatic rings. The molecule has 2 aromatic carbocycles. The molecule has 4 rings (SSSR count). The molecule has 0 unspecified atom stereocenters. The molecular weight excluding hydrogens is 486 g/mol. The molecule has 1 heterocycles. The van der Waals surface area contributed by atoms with Crippen molar-refractivity contribution in [1.29, 1.82) is 0 Å². The van der Waals surface area contributed by atoms with Crippen molar-refractivity contribution in [3.8, 4) is 11.5 Å². The van der Waals surface area contributed by atoms with E-state index in [-0.39, 0.29) is 31.1 Å². The predicted molar refractivity (Wildman–Crippen MR) is 144 cm³/mol. The van der Waals surface area contributed by atoms with E-state index in [1.807, 2.05) is 0 Å². The summed E-state index contributed by atoms with van der Waals surface area (Å²) in [7, 11) is 1.52. The van der Waals surface area contributed by atoms with E-state index in [1.165, 1.54) is 18.5 Å². The molecule has 0 bridgehead atoms. The van der Waals surface area contributed by atoms with Gasteiger partial charge in [-0.3, -0.25) is 9.59 Å². The first-order valence-corrected chi connectivity index (χ1v) is 12.9. The van der Waals surface area contributed by atoms with Gasteiger partial charge in [-0.25, -0.2) is 4.79 Å². The molecule has 0 atom stereocenters. The molecule has 2 amide bonds. The lowest BCUT2D eigenvalue weighted by Crippen LogP contribution is -2.39. The Morgan fingerprint density at radius 2 is 1.82 bits per heavy atom. The number of ether oxygens (including phenoxy) is 3. The molecule has 1 aliphatic heterocycles. The van der Waals surface area contributed by atoms with Crippen molar-refractivity contribution in [2.75, 3.05) is 25.3 Å². The molecule has 200 valence electrons. The number of carbonyl (C=O) groups excluding carboxylic acids is 3. The van der Waals surface area contributed by atoms with E-state index in [0.717, 1.165) is 31.2 Å². The minimum absolute atomic E-state index is 0.0958. The molecule has 0 spiro atoms. The minimum Gasteiger partial charge on any atom is -0.493 e. The first-order chi connectivity index (χ1) is 18.4. The van der Waals surface area contributed by atoms with Gasteiger partial charge in [0, 0.05) is 6.04 Å². The third-order valence-corrected chi connectivity index (χ3v) is 6.51. The zero-order chi connectivity index (χ0) is 27.1. The maximum atomic E-state index is 13.2. The quantitative estimate of drug-likeness (QED) is 0.386. The second-order valence-electron chi connectivity index (χ2n) is 9.23. The average Bonchev–Trinajstić information content (AvgIpc) is 3.21. The van der Waals surface area contributed by atoms with E-state index in [0.29, 0.717) is 34.0 Å². The van der Waals surface area contributed by atoms with Crippen LogP contribution in [-0.4, -0.2) is 49.9 Å². The Hall–Kier alpha value is -4.14. The lowest BCUT2D eigenvalue weighted by molar-refractivity contribution is -0.124. The molecule has 0 aromatic heterocycles. The Labute approximate surface area is 222 Å². The van der Waals surface area contributed by atoms with Gasteiger partial charge < -0.3 is 19.5 Å². The Balaban J connectivity index is 1.42. The van der Waals surface area contributed by atoms with Crippen LogP contribution in [0.5, 0.6) is 11.5 Å². The maximum Gasteiger partial charge on any atom is 0.338 e. The molecule has 9 heteroatoms. The maximum absolute atomic E-state index is 13.2. The summed E-state index contributed by atoms with van der Waals surface area (Å²) in [5.41, 5.74) is 2.65. The number of methoxy groups -OCH3 is 1. The number of nitrogens with one attached hydrogen (secondary N) is 1. The van der Waals surface area contributed by atoms with Gasteiger partial charge in [0.2, 0.25) is 0 Å². The molecule has 1 saturated carbocycles. The number of esters is 1. The number of anilines is 1. The van der Waals surface area contributed by atoms with Gasteiger partial charge in [-0.05, 0) is 74.7 Å². The summed E-state index contributed by atoms with van der Waals surface area (Å²) in [6.45, 7) is 3.70. The van der Waals surface area contributed by atoms with Crippen LogP contribution in [0.15, 0.2) is 53.1 Å². The fourth-order valence-corrected chi connectivity index (χ4v) is 4.53. The third-order valence-electron chi connectivity index (χ3n) is 6.51. The number of hydrazone groups is 1. The number of hydrogen-bond acceptors (Lipinski definition) is 7. The van der Waals surface area contributed by atoms with Gasteiger partial charge in [0.05, 0.1) is 36.3 Å². The smallest absolute Gasteiger partial charge is 0.338 e. The third kappa shape index (κ3) is 6.40. The summed E-state index contributed by atoms with van der Waals surface area (Å²) >= 11 is 0. The Kier molecular flexibility index (Phi) is 8.78. The van der Waals surface area contributed by atoms with E-state index >= 15 is 0 Å². The first-order valence-electron chi connectivity index (χ1n) is 12.9. The molecule has 38 heavy (non-hydrogen) atoms. The predicted octanol–water partition coefficient (Wildman–Crippen LogP) is 4.51. The number of hydrogen-bond donors (Lipinski definition) is 1. The van der Waals surface area contributed by atoms with E-state index < -0.39 is 5.97 Å². The summed E-state index contributed by atoms with van der Waals surface area (Å²) in [5.74, 6) is 0.0448. The van der Waals surface area contributed by atoms with E-state index in [9.17, 15) is 14.4 Å². The molecule has 1 fully saturated rings. The topological polar surface area (TPSA) is 107 Å². The van der Waals surface area contributed by atoms with Crippen molar-refractivity contribution in [3.05, 3.63) is 59.2 Å². The number of nitrogens with zero attached hydrogens (tertiary/aromatic N) is 2. The molecule has 0 saturated heterocycles. The fourth-order valence-electron chi connectivity index (χ4n) is 4.53. The highest BCUT2D eigenvalue weighted by Gasteiger charge is 2.29. The van der Waals surface area contributed by atoms with Gasteiger partial charge in [-0.1, -0.05) is 25.3 Å². The van der Waals surface area contributed by atoms with Crippen molar-refractivity contribution in [2.45, 2.75) is 52.0 Å². The lowest BCUT2D eigenvalue weighted by atomic mass is 9.95. The van der Waals surface area contributed by atoms with Gasteiger partial charge in [-0.2, -0.15) is 10.1 Å². The second-order valence-corrected chi connectivity index (χ2v) is 9.23. The van der Waals surface area contributed by atoms with Crippen LogP contribution < -0.4 is 19.8 Å². The van der Waals surface area contributed by atoms with Gasteiger partial charge in [-0.15, -0.1) is 0 Å². The summed E-state index contributed by atoms with van der Waals surface area (Å²) < 4.78 is 16.2. The molecule has 0 radical (unpaired) electrons. The number of benzene rings is 2. The summed E-state index contributed by atoms with van der Waals surface area (Å²) in [6, 6.07) is 12.0. The molecule has 9 nitrogen and oxygen atoms in total. The SMILES string of the molecule is CCOC(=O)c1ccc(N2N=C(C)/C(=C\c3ccc(OCC(=O)NC4CCCCC4)c(OC)c3)C2=O)cc1. The number of rotatable bonds is 9. The van der Waals surface area contributed by atoms with Crippen LogP contribution in [0.4, 0.5) is 5.69 Å². The van der Waals surface area contributed by atoms with Gasteiger partial charge in [0.15, 0.2) is 18.1 Å². The second kappa shape index (κ2) is 12.4. The van der Waals surface area contributed by atoms with Crippen LogP contribution in [0.2, 0.25) is 0 Å². The molecule has 2 aromatic rings. The van der Waals surface area contributed by atoms with Gasteiger partial charge >= 0.3 is 5.97 Å². The highest BCUT2D eigenvalue weighted by Crippen LogP contribution is 2.31. The van der Waals surface area contributed by atoms with Crippen LogP contribution in [0.1, 0.15) is 61.9 Å². The summed E-state index contributed by atoms with van der Waals surface area (Å²) in [5, 5.41) is 8.74.